The highest BCUT2D eigenvalue weighted by Crippen LogP contribution is 2.42. The summed E-state index contributed by atoms with van der Waals surface area (Å²) in [6.07, 6.45) is 26.7. The number of hydrogen-bond donors (Lipinski definition) is 9. The first-order valence-corrected chi connectivity index (χ1v) is 48.7. The molecule has 10 N–H and O–H groups in total. The van der Waals surface area contributed by atoms with Gasteiger partial charge in [0.25, 0.3) is 0 Å². The molecule has 14 heterocycles. The molecule has 35 heteroatoms. The first-order valence-electron chi connectivity index (χ1n) is 44.3. The minimum atomic E-state index is -0.364. The smallest absolute Gasteiger partial charge is 0.326 e. The van der Waals surface area contributed by atoms with Crippen LogP contribution in [0.2, 0.25) is 0 Å². The van der Waals surface area contributed by atoms with Crippen LogP contribution in [0.15, 0.2) is 238 Å². The minimum Gasteiger partial charge on any atom is -0.384 e. The van der Waals surface area contributed by atoms with Gasteiger partial charge in [0.15, 0.2) is 20.5 Å². The van der Waals surface area contributed by atoms with Crippen LogP contribution >= 0.6 is 57.1 Å². The number of aryl methyl sites for hydroxylation is 12. The van der Waals surface area contributed by atoms with Gasteiger partial charge < -0.3 is 10.5 Å². The third kappa shape index (κ3) is 26.3. The number of amides is 8. The summed E-state index contributed by atoms with van der Waals surface area (Å²) in [6, 6.07) is 54.5. The maximum atomic E-state index is 12.8. The monoisotopic (exact) mass is 1900 g/mol. The lowest BCUT2D eigenvalue weighted by Crippen LogP contribution is -2.44. The van der Waals surface area contributed by atoms with Gasteiger partial charge in [-0.05, 0) is 205 Å². The van der Waals surface area contributed by atoms with Gasteiger partial charge in [0.1, 0.15) is 29.1 Å². The summed E-state index contributed by atoms with van der Waals surface area (Å²) in [4.78, 5) is 89.2. The van der Waals surface area contributed by atoms with Crippen molar-refractivity contribution in [3.05, 3.63) is 325 Å². The van der Waals surface area contributed by atoms with Crippen molar-refractivity contribution in [2.45, 2.75) is 156 Å². The number of aromatic nitrogens is 16. The molecule has 4 aromatic carbocycles. The molecule has 16 aromatic rings. The number of nitrogens with zero attached hydrogens (tertiary/aromatic N) is 16. The van der Waals surface area contributed by atoms with Gasteiger partial charge in [-0.15, -0.1) is 45.3 Å². The number of nitrogens with one attached hydrogen (secondary N) is 8. The van der Waals surface area contributed by atoms with E-state index in [1.807, 2.05) is 226 Å². The second-order valence-electron chi connectivity index (χ2n) is 35.8. The molecule has 18 rings (SSSR count). The quantitative estimate of drug-likeness (QED) is 0.0243. The zero-order chi connectivity index (χ0) is 94.8. The Morgan fingerprint density at radius 1 is 0.348 bits per heavy atom. The van der Waals surface area contributed by atoms with E-state index in [2.05, 4.69) is 145 Å². The molecular formula is C100H109N25O5S5. The summed E-state index contributed by atoms with van der Waals surface area (Å²) in [7, 11) is 0. The molecule has 2 aliphatic rings. The van der Waals surface area contributed by atoms with Crippen molar-refractivity contribution < 1.29 is 23.9 Å². The molecular weight excluding hydrogens is 1790 g/mol. The molecule has 0 atom stereocenters. The molecule has 2 aliphatic heterocycles. The van der Waals surface area contributed by atoms with Crippen LogP contribution in [0.3, 0.4) is 0 Å². The average molecular weight is 1900 g/mol. The Labute approximate surface area is 804 Å². The van der Waals surface area contributed by atoms with Gasteiger partial charge in [-0.2, -0.15) is 32.2 Å². The number of carbonyl (C=O) groups is 4. The molecule has 30 nitrogen and oxygen atoms in total. The van der Waals surface area contributed by atoms with Gasteiger partial charge in [0.2, 0.25) is 0 Å². The number of anilines is 9. The fourth-order valence-electron chi connectivity index (χ4n) is 14.1. The van der Waals surface area contributed by atoms with Gasteiger partial charge >= 0.3 is 24.1 Å². The summed E-state index contributed by atoms with van der Waals surface area (Å²) < 4.78 is 12.5. The van der Waals surface area contributed by atoms with E-state index in [4.69, 9.17) is 30.9 Å². The number of nitrogen functional groups attached to an aromatic ring is 1. The van der Waals surface area contributed by atoms with E-state index in [-0.39, 0.29) is 45.8 Å². The van der Waals surface area contributed by atoms with Gasteiger partial charge in [0, 0.05) is 140 Å². The first-order chi connectivity index (χ1) is 64.9. The van der Waals surface area contributed by atoms with E-state index >= 15 is 0 Å². The Hall–Kier alpha value is -14.0. The molecule has 0 bridgehead atoms. The Morgan fingerprint density at radius 2 is 0.630 bits per heavy atom. The molecule has 135 heavy (non-hydrogen) atoms. The van der Waals surface area contributed by atoms with Gasteiger partial charge in [-0.3, -0.25) is 57.5 Å². The van der Waals surface area contributed by atoms with Crippen molar-refractivity contribution in [3.63, 3.8) is 0 Å². The average Bonchev–Trinajstić information content (AvgIpc) is 1.62. The summed E-state index contributed by atoms with van der Waals surface area (Å²) in [5.41, 5.74) is 22.0. The Bertz CT molecular complexity index is 6460. The standard InChI is InChI=1S/C25H29N7OS.C25H26N6O2S.C25H26N6OS2.C25H28N6OS/c1-16-5-8-18(9-6-16)32-22(14-20(31-32)25(2,3)4)29-23(33)30-24-28-15-19(34-24)10-7-17-11-12-27-21(26)13-17;2*1-17-3-6-19(7-4-17)31-22(13-21(30-31)25(2)15-33-16-25)28-23(32)29-24-27-14-20(34-24)8-5-18-9-11-26-12-10-18;1-17-5-8-19(9-6-17)31-22(15-21(30-31)25(2,3)4)28-23(32)29-24-27-16-20(33-24)10-7-18-11-13-26-14-12-18/h5-6,8-9,11-15H,7,10H2,1-4H3,(H2,26,27)(H2,28,29,30,33);2*3-4,6-7,9-14H,5,8,15-16H2,1-2H3,(H2,27,28,29,32);5-6,8-9,11-16H,7,10H2,1-4H3,(H2,27,28,29,32). The van der Waals surface area contributed by atoms with E-state index in [9.17, 15) is 19.2 Å². The maximum Gasteiger partial charge on any atom is 0.326 e. The lowest BCUT2D eigenvalue weighted by atomic mass is 9.85. The van der Waals surface area contributed by atoms with Crippen molar-refractivity contribution >= 4 is 131 Å². The fourth-order valence-corrected chi connectivity index (χ4v) is 18.5. The van der Waals surface area contributed by atoms with Crippen molar-refractivity contribution in [1.82, 2.24) is 79.0 Å². The Balaban J connectivity index is 0.000000137. The number of benzene rings is 4. The number of urea groups is 4. The van der Waals surface area contributed by atoms with E-state index in [0.29, 0.717) is 62.8 Å². The van der Waals surface area contributed by atoms with Gasteiger partial charge in [0.05, 0.1) is 64.2 Å². The third-order valence-corrected chi connectivity index (χ3v) is 27.8. The molecule has 0 saturated carbocycles. The Morgan fingerprint density at radius 3 is 0.904 bits per heavy atom. The lowest BCUT2D eigenvalue weighted by Gasteiger charge is -2.36. The number of rotatable bonds is 26. The van der Waals surface area contributed by atoms with Gasteiger partial charge in [-0.1, -0.05) is 119 Å². The number of thiazole rings is 4. The van der Waals surface area contributed by atoms with Crippen LogP contribution in [-0.2, 0) is 77.8 Å². The molecule has 0 radical (unpaired) electrons. The summed E-state index contributed by atoms with van der Waals surface area (Å²) in [5.74, 6) is 5.02. The second-order valence-corrected chi connectivity index (χ2v) is 41.2. The molecule has 2 saturated heterocycles. The van der Waals surface area contributed by atoms with Crippen LogP contribution < -0.4 is 48.3 Å². The number of carbonyl (C=O) groups excluding carboxylic acids is 4. The van der Waals surface area contributed by atoms with E-state index in [1.165, 1.54) is 67.6 Å². The fraction of sp³-hybridized carbons (Fsp3) is 0.280. The van der Waals surface area contributed by atoms with Crippen LogP contribution in [0.25, 0.3) is 22.7 Å². The largest absolute Gasteiger partial charge is 0.384 e. The molecule has 12 aromatic heterocycles. The predicted molar refractivity (Wildman–Crippen MR) is 543 cm³/mol. The summed E-state index contributed by atoms with van der Waals surface area (Å²) >= 11 is 7.82. The second kappa shape index (κ2) is 43.4. The zero-order valence-electron chi connectivity index (χ0n) is 77.3. The van der Waals surface area contributed by atoms with Crippen molar-refractivity contribution in [3.8, 4) is 22.7 Å². The van der Waals surface area contributed by atoms with E-state index in [0.717, 1.165) is 150 Å². The SMILES string of the molecule is Cc1ccc(-n2nc(C(C)(C)C)cc2NC(=O)Nc2ncc(CCc3ccnc(N)c3)s2)cc1.Cc1ccc(-n2nc(C(C)(C)C)cc2NC(=O)Nc2ncc(CCc3ccncc3)s2)cc1.Cc1ccc(-n2nc(C3(C)COC3)cc2NC(=O)Nc2ncc(CCc3ccncc3)s2)cc1.Cc1ccc(-n2nc(C3(C)CSC3)cc2NC(=O)Nc2ncc(CCc3ccncc3)s2)cc1. The lowest BCUT2D eigenvalue weighted by molar-refractivity contribution is -0.0522. The third-order valence-electron chi connectivity index (χ3n) is 22.2. The summed E-state index contributed by atoms with van der Waals surface area (Å²) in [5, 5.41) is 44.6. The maximum absolute atomic E-state index is 12.8. The molecule has 2 fully saturated rings. The van der Waals surface area contributed by atoms with E-state index in [1.54, 1.807) is 63.6 Å². The molecule has 8 amide bonds. The normalized spacial score (nSPS) is 12.9. The molecule has 0 spiro atoms. The first kappa shape index (κ1) is 95.6. The van der Waals surface area contributed by atoms with Crippen LogP contribution in [0.4, 0.5) is 68.8 Å². The van der Waals surface area contributed by atoms with Gasteiger partial charge in [-0.25, -0.2) is 62.8 Å². The van der Waals surface area contributed by atoms with Crippen molar-refractivity contribution in [2.24, 2.45) is 0 Å². The molecule has 0 unspecified atom stereocenters. The minimum absolute atomic E-state index is 0.0343. The number of ether oxygens (including phenoxy) is 1. The van der Waals surface area contributed by atoms with Crippen LogP contribution in [0, 0.1) is 27.7 Å². The van der Waals surface area contributed by atoms with Crippen molar-refractivity contribution in [2.75, 3.05) is 73.0 Å². The highest BCUT2D eigenvalue weighted by molar-refractivity contribution is 8.00. The Kier molecular flexibility index (Phi) is 30.7. The van der Waals surface area contributed by atoms with Crippen LogP contribution in [-0.4, -0.2) is 128 Å². The number of hydrogen-bond acceptors (Lipinski definition) is 23. The van der Waals surface area contributed by atoms with Crippen LogP contribution in [0.1, 0.15) is 142 Å². The summed E-state index contributed by atoms with van der Waals surface area (Å²) in [6.45, 7) is 26.3. The van der Waals surface area contributed by atoms with E-state index < -0.39 is 0 Å². The topological polar surface area (TPSA) is 374 Å². The highest BCUT2D eigenvalue weighted by Gasteiger charge is 2.40. The number of pyridine rings is 4. The number of nitrogens with two attached hydrogens (primary N) is 1. The number of thioether (sulfide) groups is 1. The highest BCUT2D eigenvalue weighted by atomic mass is 32.2. The van der Waals surface area contributed by atoms with Crippen molar-refractivity contribution in [1.29, 1.82) is 0 Å². The predicted octanol–water partition coefficient (Wildman–Crippen LogP) is 21.3. The molecule has 0 aliphatic carbocycles. The molecule has 694 valence electrons. The zero-order valence-corrected chi connectivity index (χ0v) is 81.4. The van der Waals surface area contributed by atoms with Crippen LogP contribution in [0.5, 0.6) is 0 Å².